The number of hydrogen-bond donors (Lipinski definition) is 1. The molecular weight excluding hydrogens is 495 g/mol. The first kappa shape index (κ1) is 25.5. The lowest BCUT2D eigenvalue weighted by atomic mass is 10.0. The molecule has 1 aliphatic carbocycles. The molecule has 2 aliphatic heterocycles. The zero-order valence-electron chi connectivity index (χ0n) is 19.2. The molecule has 174 valence electrons. The van der Waals surface area contributed by atoms with E-state index in [1.165, 1.54) is 12.8 Å². The molecule has 3 aliphatic rings. The van der Waals surface area contributed by atoms with Crippen LogP contribution in [-0.4, -0.2) is 78.9 Å². The number of halogens is 1. The minimum absolute atomic E-state index is 0. The lowest BCUT2D eigenvalue weighted by molar-refractivity contribution is 0.00926. The largest absolute Gasteiger partial charge is 0.444 e. The second-order valence-electron chi connectivity index (χ2n) is 9.62. The Bertz CT molecular complexity index is 563. The summed E-state index contributed by atoms with van der Waals surface area (Å²) in [5.74, 6) is 1.64. The van der Waals surface area contributed by atoms with Gasteiger partial charge in [0.1, 0.15) is 5.60 Å². The third-order valence-electron chi connectivity index (χ3n) is 5.79. The van der Waals surface area contributed by atoms with E-state index in [2.05, 4.69) is 17.1 Å². The predicted octanol–water partition coefficient (Wildman–Crippen LogP) is 3.86. The minimum atomic E-state index is -0.452. The molecule has 0 aromatic carbocycles. The topological polar surface area (TPSA) is 66.4 Å². The molecule has 1 unspecified atom stereocenters. The molecule has 0 spiro atoms. The maximum atomic E-state index is 12.8. The van der Waals surface area contributed by atoms with Crippen LogP contribution >= 0.6 is 24.0 Å². The number of ether oxygens (including phenoxy) is 2. The molecular formula is C22H41IN4O3. The van der Waals surface area contributed by atoms with E-state index in [1.807, 2.05) is 25.7 Å². The van der Waals surface area contributed by atoms with Crippen LogP contribution in [0.3, 0.4) is 0 Å². The Morgan fingerprint density at radius 3 is 2.43 bits per heavy atom. The average molecular weight is 536 g/mol. The van der Waals surface area contributed by atoms with Gasteiger partial charge in [0.2, 0.25) is 0 Å². The number of carbonyl (C=O) groups excluding carboxylic acids is 1. The SMILES string of the molecule is CCNC(=NCC1CCCO1)N1CCC(N(CC2CC2)C(=O)OC(C)(C)C)CC1.I. The fourth-order valence-corrected chi connectivity index (χ4v) is 4.06. The molecule has 8 heteroatoms. The van der Waals surface area contributed by atoms with Gasteiger partial charge in [0, 0.05) is 38.8 Å². The number of nitrogens with one attached hydrogen (secondary N) is 1. The van der Waals surface area contributed by atoms with Gasteiger partial charge >= 0.3 is 6.09 Å². The van der Waals surface area contributed by atoms with Crippen LogP contribution in [0.5, 0.6) is 0 Å². The lowest BCUT2D eigenvalue weighted by Crippen LogP contribution is -2.52. The molecule has 0 aromatic heterocycles. The number of aliphatic imine (C=N–C) groups is 1. The van der Waals surface area contributed by atoms with Crippen LogP contribution in [0.25, 0.3) is 0 Å². The van der Waals surface area contributed by atoms with Gasteiger partial charge < -0.3 is 24.6 Å². The number of likely N-dealkylation sites (tertiary alicyclic amines) is 1. The van der Waals surface area contributed by atoms with Gasteiger partial charge in [-0.2, -0.15) is 0 Å². The van der Waals surface area contributed by atoms with Crippen molar-refractivity contribution in [2.24, 2.45) is 10.9 Å². The minimum Gasteiger partial charge on any atom is -0.444 e. The van der Waals surface area contributed by atoms with Gasteiger partial charge in [0.05, 0.1) is 12.6 Å². The van der Waals surface area contributed by atoms with Gasteiger partial charge in [-0.1, -0.05) is 0 Å². The standard InChI is InChI=1S/C22H40N4O3.HI/c1-5-23-20(24-15-19-7-6-14-28-19)25-12-10-18(11-13-25)26(16-17-8-9-17)21(27)29-22(2,3)4;/h17-19H,5-16H2,1-4H3,(H,23,24);1H. The third kappa shape index (κ3) is 8.05. The van der Waals surface area contributed by atoms with Gasteiger partial charge in [-0.3, -0.25) is 4.99 Å². The number of amides is 1. The molecule has 30 heavy (non-hydrogen) atoms. The van der Waals surface area contributed by atoms with E-state index in [-0.39, 0.29) is 42.2 Å². The predicted molar refractivity (Wildman–Crippen MR) is 131 cm³/mol. The summed E-state index contributed by atoms with van der Waals surface area (Å²) < 4.78 is 11.4. The Balaban J connectivity index is 0.00000320. The summed E-state index contributed by atoms with van der Waals surface area (Å²) in [4.78, 5) is 22.0. The highest BCUT2D eigenvalue weighted by molar-refractivity contribution is 14.0. The second kappa shape index (κ2) is 11.7. The Morgan fingerprint density at radius 1 is 1.20 bits per heavy atom. The van der Waals surface area contributed by atoms with Crippen LogP contribution < -0.4 is 5.32 Å². The van der Waals surface area contributed by atoms with E-state index in [9.17, 15) is 4.79 Å². The zero-order chi connectivity index (χ0) is 20.9. The highest BCUT2D eigenvalue weighted by Crippen LogP contribution is 2.32. The fourth-order valence-electron chi connectivity index (χ4n) is 4.06. The maximum Gasteiger partial charge on any atom is 0.410 e. The van der Waals surface area contributed by atoms with Crippen molar-refractivity contribution in [1.29, 1.82) is 0 Å². The number of nitrogens with zero attached hydrogens (tertiary/aromatic N) is 3. The normalized spacial score (nSPS) is 23.1. The molecule has 3 fully saturated rings. The van der Waals surface area contributed by atoms with Crippen molar-refractivity contribution >= 4 is 36.0 Å². The summed E-state index contributed by atoms with van der Waals surface area (Å²) in [7, 11) is 0. The molecule has 0 aromatic rings. The molecule has 2 heterocycles. The van der Waals surface area contributed by atoms with Crippen molar-refractivity contribution in [3.8, 4) is 0 Å². The van der Waals surface area contributed by atoms with Crippen LogP contribution in [0.2, 0.25) is 0 Å². The lowest BCUT2D eigenvalue weighted by Gasteiger charge is -2.40. The van der Waals surface area contributed by atoms with Crippen molar-refractivity contribution in [3.05, 3.63) is 0 Å². The third-order valence-corrected chi connectivity index (χ3v) is 5.79. The first-order valence-corrected chi connectivity index (χ1v) is 11.5. The van der Waals surface area contributed by atoms with Gasteiger partial charge in [-0.05, 0) is 72.1 Å². The van der Waals surface area contributed by atoms with Gasteiger partial charge in [0.15, 0.2) is 5.96 Å². The Hall–Kier alpha value is -0.770. The van der Waals surface area contributed by atoms with Crippen LogP contribution in [0.4, 0.5) is 4.79 Å². The fraction of sp³-hybridized carbons (Fsp3) is 0.909. The highest BCUT2D eigenvalue weighted by Gasteiger charge is 2.35. The van der Waals surface area contributed by atoms with Gasteiger partial charge in [0.25, 0.3) is 0 Å². The van der Waals surface area contributed by atoms with E-state index in [4.69, 9.17) is 14.5 Å². The Morgan fingerprint density at radius 2 is 1.90 bits per heavy atom. The first-order chi connectivity index (χ1) is 13.9. The van der Waals surface area contributed by atoms with Crippen molar-refractivity contribution in [3.63, 3.8) is 0 Å². The van der Waals surface area contributed by atoms with Crippen LogP contribution in [0.15, 0.2) is 4.99 Å². The molecule has 7 nitrogen and oxygen atoms in total. The molecule has 3 rings (SSSR count). The Labute approximate surface area is 199 Å². The van der Waals surface area contributed by atoms with E-state index in [0.29, 0.717) is 5.92 Å². The van der Waals surface area contributed by atoms with E-state index < -0.39 is 5.60 Å². The maximum absolute atomic E-state index is 12.8. The zero-order valence-corrected chi connectivity index (χ0v) is 21.5. The number of rotatable bonds is 6. The molecule has 2 saturated heterocycles. The van der Waals surface area contributed by atoms with Crippen LogP contribution in [-0.2, 0) is 9.47 Å². The molecule has 1 N–H and O–H groups in total. The highest BCUT2D eigenvalue weighted by atomic mass is 127. The van der Waals surface area contributed by atoms with Gasteiger partial charge in [-0.25, -0.2) is 4.79 Å². The quantitative estimate of drug-likeness (QED) is 0.317. The van der Waals surface area contributed by atoms with Crippen molar-refractivity contribution in [1.82, 2.24) is 15.1 Å². The average Bonchev–Trinajstić information content (AvgIpc) is 3.34. The smallest absolute Gasteiger partial charge is 0.410 e. The molecule has 0 bridgehead atoms. The van der Waals surface area contributed by atoms with Crippen LogP contribution in [0, 0.1) is 5.92 Å². The van der Waals surface area contributed by atoms with E-state index in [1.54, 1.807) is 0 Å². The van der Waals surface area contributed by atoms with E-state index >= 15 is 0 Å². The molecule has 1 amide bonds. The molecule has 1 atom stereocenters. The van der Waals surface area contributed by atoms with Crippen molar-refractivity contribution < 1.29 is 14.3 Å². The summed E-state index contributed by atoms with van der Waals surface area (Å²) in [6.07, 6.45) is 6.74. The van der Waals surface area contributed by atoms with Crippen LogP contribution in [0.1, 0.15) is 66.2 Å². The summed E-state index contributed by atoms with van der Waals surface area (Å²) in [6, 6.07) is 0.253. The van der Waals surface area contributed by atoms with Crippen molar-refractivity contribution in [2.45, 2.75) is 84.0 Å². The summed E-state index contributed by atoms with van der Waals surface area (Å²) in [6.45, 7) is 13.0. The number of guanidine groups is 1. The number of carbonyl (C=O) groups is 1. The first-order valence-electron chi connectivity index (χ1n) is 11.5. The Kier molecular flexibility index (Phi) is 9.97. The second-order valence-corrected chi connectivity index (χ2v) is 9.62. The molecule has 0 radical (unpaired) electrons. The van der Waals surface area contributed by atoms with Gasteiger partial charge in [-0.15, -0.1) is 24.0 Å². The number of piperidine rings is 1. The summed E-state index contributed by atoms with van der Waals surface area (Å²) >= 11 is 0. The summed E-state index contributed by atoms with van der Waals surface area (Å²) in [5, 5.41) is 3.43. The molecule has 1 saturated carbocycles. The number of hydrogen-bond acceptors (Lipinski definition) is 4. The van der Waals surface area contributed by atoms with E-state index in [0.717, 1.165) is 71.0 Å². The summed E-state index contributed by atoms with van der Waals surface area (Å²) in [5.41, 5.74) is -0.452. The monoisotopic (exact) mass is 536 g/mol. The van der Waals surface area contributed by atoms with Crippen molar-refractivity contribution in [2.75, 3.05) is 39.3 Å².